The highest BCUT2D eigenvalue weighted by molar-refractivity contribution is 5.85. The standard InChI is InChI=1S/C10H20N2O2/c1-3-14-9(8-4-5-8)10(11)12-6-7-13-2/h8-9H,3-7H2,1-2H3,(H2,11,12). The van der Waals surface area contributed by atoms with Crippen LogP contribution in [0.4, 0.5) is 0 Å². The van der Waals surface area contributed by atoms with Gasteiger partial charge in [-0.1, -0.05) is 0 Å². The Morgan fingerprint density at radius 1 is 1.57 bits per heavy atom. The van der Waals surface area contributed by atoms with Gasteiger partial charge in [0.25, 0.3) is 0 Å². The highest BCUT2D eigenvalue weighted by Crippen LogP contribution is 2.34. The van der Waals surface area contributed by atoms with E-state index in [1.165, 1.54) is 12.8 Å². The maximum atomic E-state index is 5.86. The molecule has 1 unspecified atom stereocenters. The number of hydrogen-bond donors (Lipinski definition) is 1. The Hall–Kier alpha value is -0.610. The van der Waals surface area contributed by atoms with Crippen LogP contribution in [0.15, 0.2) is 4.99 Å². The molecule has 1 fully saturated rings. The fourth-order valence-electron chi connectivity index (χ4n) is 1.40. The van der Waals surface area contributed by atoms with Crippen molar-refractivity contribution in [1.82, 2.24) is 0 Å². The summed E-state index contributed by atoms with van der Waals surface area (Å²) in [6.07, 6.45) is 2.47. The van der Waals surface area contributed by atoms with E-state index in [0.717, 1.165) is 0 Å². The average molecular weight is 200 g/mol. The molecule has 0 aromatic carbocycles. The fourth-order valence-corrected chi connectivity index (χ4v) is 1.40. The van der Waals surface area contributed by atoms with Crippen molar-refractivity contribution in [1.29, 1.82) is 0 Å². The maximum Gasteiger partial charge on any atom is 0.124 e. The summed E-state index contributed by atoms with van der Waals surface area (Å²) in [5, 5.41) is 0. The van der Waals surface area contributed by atoms with Crippen LogP contribution in [0.3, 0.4) is 0 Å². The van der Waals surface area contributed by atoms with Crippen LogP contribution in [0.1, 0.15) is 19.8 Å². The molecular weight excluding hydrogens is 180 g/mol. The molecule has 0 saturated heterocycles. The van der Waals surface area contributed by atoms with Crippen LogP contribution in [-0.4, -0.2) is 38.8 Å². The van der Waals surface area contributed by atoms with Crippen molar-refractivity contribution in [3.05, 3.63) is 0 Å². The molecule has 0 aliphatic heterocycles. The van der Waals surface area contributed by atoms with E-state index < -0.39 is 0 Å². The van der Waals surface area contributed by atoms with Crippen molar-refractivity contribution < 1.29 is 9.47 Å². The summed E-state index contributed by atoms with van der Waals surface area (Å²) in [5.74, 6) is 1.23. The first-order valence-corrected chi connectivity index (χ1v) is 5.20. The Morgan fingerprint density at radius 3 is 2.79 bits per heavy atom. The monoisotopic (exact) mass is 200 g/mol. The minimum atomic E-state index is 0.0388. The average Bonchev–Trinajstić information content (AvgIpc) is 2.98. The van der Waals surface area contributed by atoms with E-state index >= 15 is 0 Å². The quantitative estimate of drug-likeness (QED) is 0.376. The Balaban J connectivity index is 2.36. The second kappa shape index (κ2) is 5.98. The lowest BCUT2D eigenvalue weighted by atomic mass is 10.2. The number of nitrogens with two attached hydrogens (primary N) is 1. The van der Waals surface area contributed by atoms with E-state index in [-0.39, 0.29) is 6.10 Å². The molecule has 0 aromatic rings. The normalized spacial score (nSPS) is 19.7. The molecule has 1 aliphatic carbocycles. The van der Waals surface area contributed by atoms with Gasteiger partial charge >= 0.3 is 0 Å². The molecule has 2 N–H and O–H groups in total. The lowest BCUT2D eigenvalue weighted by molar-refractivity contribution is 0.0934. The van der Waals surface area contributed by atoms with Gasteiger partial charge < -0.3 is 15.2 Å². The van der Waals surface area contributed by atoms with E-state index in [2.05, 4.69) is 4.99 Å². The third kappa shape index (κ3) is 3.64. The van der Waals surface area contributed by atoms with Crippen LogP contribution < -0.4 is 5.73 Å². The number of amidine groups is 1. The second-order valence-electron chi connectivity index (χ2n) is 3.51. The predicted molar refractivity (Wildman–Crippen MR) is 56.5 cm³/mol. The number of nitrogens with zero attached hydrogens (tertiary/aromatic N) is 1. The smallest absolute Gasteiger partial charge is 0.124 e. The highest BCUT2D eigenvalue weighted by atomic mass is 16.5. The summed E-state index contributed by atoms with van der Waals surface area (Å²) in [6.45, 7) is 3.92. The zero-order valence-corrected chi connectivity index (χ0v) is 9.03. The topological polar surface area (TPSA) is 56.8 Å². The van der Waals surface area contributed by atoms with Crippen molar-refractivity contribution in [3.8, 4) is 0 Å². The van der Waals surface area contributed by atoms with Crippen molar-refractivity contribution >= 4 is 5.84 Å². The van der Waals surface area contributed by atoms with E-state index in [1.807, 2.05) is 6.92 Å². The van der Waals surface area contributed by atoms with Gasteiger partial charge in [0.2, 0.25) is 0 Å². The fraction of sp³-hybridized carbons (Fsp3) is 0.900. The van der Waals surface area contributed by atoms with Gasteiger partial charge in [-0.05, 0) is 25.7 Å². The Kier molecular flexibility index (Phi) is 4.90. The van der Waals surface area contributed by atoms with Gasteiger partial charge in [-0.25, -0.2) is 0 Å². The number of ether oxygens (including phenoxy) is 2. The van der Waals surface area contributed by atoms with E-state index in [0.29, 0.717) is 31.5 Å². The SMILES string of the molecule is CCOC(C(N)=NCCOC)C1CC1. The first-order chi connectivity index (χ1) is 6.79. The van der Waals surface area contributed by atoms with E-state index in [9.17, 15) is 0 Å². The highest BCUT2D eigenvalue weighted by Gasteiger charge is 2.34. The summed E-state index contributed by atoms with van der Waals surface area (Å²) < 4.78 is 10.5. The van der Waals surface area contributed by atoms with Crippen LogP contribution in [0.25, 0.3) is 0 Å². The molecule has 0 aromatic heterocycles. The van der Waals surface area contributed by atoms with Crippen LogP contribution >= 0.6 is 0 Å². The number of methoxy groups -OCH3 is 1. The predicted octanol–water partition coefficient (Wildman–Crippen LogP) is 0.805. The molecule has 0 radical (unpaired) electrons. The Labute approximate surface area is 85.5 Å². The van der Waals surface area contributed by atoms with E-state index in [4.69, 9.17) is 15.2 Å². The molecule has 4 nitrogen and oxygen atoms in total. The van der Waals surface area contributed by atoms with Gasteiger partial charge in [0.15, 0.2) is 0 Å². The molecule has 0 heterocycles. The third-order valence-electron chi connectivity index (χ3n) is 2.28. The molecule has 4 heteroatoms. The molecule has 1 rings (SSSR count). The van der Waals surface area contributed by atoms with Crippen LogP contribution in [0, 0.1) is 5.92 Å². The van der Waals surface area contributed by atoms with Gasteiger partial charge in [0, 0.05) is 13.7 Å². The van der Waals surface area contributed by atoms with Gasteiger partial charge in [0.1, 0.15) is 11.9 Å². The number of aliphatic imine (C=N–C) groups is 1. The Morgan fingerprint density at radius 2 is 2.29 bits per heavy atom. The molecule has 14 heavy (non-hydrogen) atoms. The third-order valence-corrected chi connectivity index (χ3v) is 2.28. The molecule has 1 aliphatic rings. The molecule has 1 saturated carbocycles. The van der Waals surface area contributed by atoms with Crippen molar-refractivity contribution in [3.63, 3.8) is 0 Å². The largest absolute Gasteiger partial charge is 0.385 e. The van der Waals surface area contributed by atoms with Crippen LogP contribution in [0.5, 0.6) is 0 Å². The molecule has 0 amide bonds. The van der Waals surface area contributed by atoms with Gasteiger partial charge in [-0.3, -0.25) is 4.99 Å². The molecule has 0 bridgehead atoms. The summed E-state index contributed by atoms with van der Waals surface area (Å²) >= 11 is 0. The van der Waals surface area contributed by atoms with Gasteiger partial charge in [-0.15, -0.1) is 0 Å². The minimum Gasteiger partial charge on any atom is -0.385 e. The lowest BCUT2D eigenvalue weighted by Gasteiger charge is -2.15. The minimum absolute atomic E-state index is 0.0388. The zero-order chi connectivity index (χ0) is 10.4. The van der Waals surface area contributed by atoms with Gasteiger partial charge in [0.05, 0.1) is 13.2 Å². The molecule has 82 valence electrons. The first kappa shape index (κ1) is 11.5. The first-order valence-electron chi connectivity index (χ1n) is 5.20. The lowest BCUT2D eigenvalue weighted by Crippen LogP contribution is -2.34. The van der Waals surface area contributed by atoms with E-state index in [1.54, 1.807) is 7.11 Å². The summed E-state index contributed by atoms with van der Waals surface area (Å²) in [7, 11) is 1.66. The summed E-state index contributed by atoms with van der Waals surface area (Å²) in [4.78, 5) is 4.24. The van der Waals surface area contributed by atoms with Crippen molar-refractivity contribution in [2.75, 3.05) is 26.9 Å². The van der Waals surface area contributed by atoms with Gasteiger partial charge in [-0.2, -0.15) is 0 Å². The zero-order valence-electron chi connectivity index (χ0n) is 9.03. The number of hydrogen-bond acceptors (Lipinski definition) is 3. The van der Waals surface area contributed by atoms with Crippen molar-refractivity contribution in [2.45, 2.75) is 25.9 Å². The van der Waals surface area contributed by atoms with Crippen molar-refractivity contribution in [2.24, 2.45) is 16.6 Å². The molecule has 0 spiro atoms. The Bertz CT molecular complexity index is 191. The number of rotatable bonds is 7. The molecular formula is C10H20N2O2. The molecule has 1 atom stereocenters. The van der Waals surface area contributed by atoms with Crippen LogP contribution in [-0.2, 0) is 9.47 Å². The summed E-state index contributed by atoms with van der Waals surface area (Å²) in [5.41, 5.74) is 5.86. The summed E-state index contributed by atoms with van der Waals surface area (Å²) in [6, 6.07) is 0. The van der Waals surface area contributed by atoms with Crippen LogP contribution in [0.2, 0.25) is 0 Å². The maximum absolute atomic E-state index is 5.86. The second-order valence-corrected chi connectivity index (χ2v) is 3.51.